The fraction of sp³-hybridized carbons (Fsp3) is 0.292. The average Bonchev–Trinajstić information content (AvgIpc) is 3.58. The number of amides is 1. The Bertz CT molecular complexity index is 1680. The number of nitrogen functional groups attached to an aromatic ring is 1. The number of hydrogen-bond acceptors (Lipinski definition) is 12. The monoisotopic (exact) mass is 554 g/mol. The van der Waals surface area contributed by atoms with Gasteiger partial charge in [-0.2, -0.15) is 0 Å². The van der Waals surface area contributed by atoms with Crippen molar-refractivity contribution in [3.8, 4) is 16.9 Å². The number of nitrogens with zero attached hydrogens (tertiary/aromatic N) is 4. The van der Waals surface area contributed by atoms with Gasteiger partial charge in [-0.3, -0.25) is 32.7 Å². The third kappa shape index (κ3) is 5.19. The van der Waals surface area contributed by atoms with Gasteiger partial charge in [-0.15, -0.1) is 0 Å². The summed E-state index contributed by atoms with van der Waals surface area (Å²) in [5, 5.41) is 9.73. The molecule has 2 aromatic carbocycles. The standard InChI is InChI=1S/C24H22N6O8S/c25-23-19-24(27-10-26-23)30(11-28-19)17-8-5-12(38-17)9-37-39(36)29-16(32)7-6-15(31)13-3-1-2-4-14(13)18-20(33)22(35)21(18)34/h1-4,10-12,17,33H,5-9H2,(H,29,32)(H2,25,26,27). The van der Waals surface area contributed by atoms with Crippen LogP contribution in [0.15, 0.2) is 46.5 Å². The van der Waals surface area contributed by atoms with Crippen LogP contribution in [0.2, 0.25) is 0 Å². The maximum Gasteiger partial charge on any atom is 0.268 e. The van der Waals surface area contributed by atoms with Crippen LogP contribution < -0.4 is 21.3 Å². The summed E-state index contributed by atoms with van der Waals surface area (Å²) in [5.74, 6) is -1.62. The van der Waals surface area contributed by atoms with Crippen LogP contribution in [-0.4, -0.2) is 53.2 Å². The summed E-state index contributed by atoms with van der Waals surface area (Å²) >= 11 is -2.17. The first-order chi connectivity index (χ1) is 18.7. The highest BCUT2D eigenvalue weighted by molar-refractivity contribution is 7.78. The number of aromatic nitrogens is 4. The number of ether oxygens (including phenoxy) is 1. The van der Waals surface area contributed by atoms with Gasteiger partial charge in [-0.25, -0.2) is 19.2 Å². The maximum atomic E-state index is 12.7. The lowest BCUT2D eigenvalue weighted by molar-refractivity contribution is -0.119. The van der Waals surface area contributed by atoms with Crippen molar-refractivity contribution in [2.75, 3.05) is 12.3 Å². The second-order valence-electron chi connectivity index (χ2n) is 8.77. The van der Waals surface area contributed by atoms with Crippen LogP contribution in [0, 0.1) is 0 Å². The van der Waals surface area contributed by atoms with Crippen molar-refractivity contribution in [1.29, 1.82) is 0 Å². The van der Waals surface area contributed by atoms with E-state index in [1.807, 2.05) is 0 Å². The maximum absolute atomic E-state index is 12.7. The second kappa shape index (κ2) is 10.8. The minimum Gasteiger partial charge on any atom is -0.503 e. The number of anilines is 1. The predicted octanol–water partition coefficient (Wildman–Crippen LogP) is 0.429. The molecule has 4 N–H and O–H groups in total. The van der Waals surface area contributed by atoms with Gasteiger partial charge in [-0.05, 0) is 12.8 Å². The Labute approximate surface area is 222 Å². The van der Waals surface area contributed by atoms with Gasteiger partial charge < -0.3 is 15.6 Å². The van der Waals surface area contributed by atoms with E-state index in [9.17, 15) is 28.5 Å². The molecule has 3 heterocycles. The quantitative estimate of drug-likeness (QED) is 0.180. The van der Waals surface area contributed by atoms with Crippen molar-refractivity contribution in [2.24, 2.45) is 0 Å². The Hall–Kier alpha value is -4.34. The number of rotatable bonds is 10. The molecule has 0 saturated carbocycles. The molecule has 1 amide bonds. The SMILES string of the molecule is Nc1ncnc2c1ncn2C1CCC(COS(=O)NC(=O)CCC(=O)c2ccccc2-c2c(O)c(=O)c2=O)O1. The van der Waals surface area contributed by atoms with Gasteiger partial charge in [0.1, 0.15) is 18.1 Å². The Kier molecular flexibility index (Phi) is 7.28. The first kappa shape index (κ1) is 26.3. The minimum absolute atomic E-state index is 0.0508. The number of carbonyl (C=O) groups is 2. The highest BCUT2D eigenvalue weighted by Gasteiger charge is 2.29. The molecule has 5 rings (SSSR count). The zero-order valence-electron chi connectivity index (χ0n) is 20.2. The van der Waals surface area contributed by atoms with Crippen molar-refractivity contribution >= 4 is 39.9 Å². The fourth-order valence-corrected chi connectivity index (χ4v) is 4.96. The summed E-state index contributed by atoms with van der Waals surface area (Å²) in [4.78, 5) is 60.4. The van der Waals surface area contributed by atoms with Crippen LogP contribution in [-0.2, 0) is 25.0 Å². The average molecular weight is 555 g/mol. The van der Waals surface area contributed by atoms with Gasteiger partial charge in [0.25, 0.3) is 16.7 Å². The van der Waals surface area contributed by atoms with Gasteiger partial charge in [0.15, 0.2) is 23.0 Å². The number of aromatic hydroxyl groups is 1. The molecule has 202 valence electrons. The van der Waals surface area contributed by atoms with E-state index in [1.54, 1.807) is 23.0 Å². The molecule has 4 aromatic rings. The van der Waals surface area contributed by atoms with Crippen LogP contribution in [0.3, 0.4) is 0 Å². The lowest BCUT2D eigenvalue weighted by Crippen LogP contribution is -2.32. The van der Waals surface area contributed by atoms with E-state index in [2.05, 4.69) is 19.7 Å². The number of carbonyl (C=O) groups excluding carboxylic acids is 2. The molecule has 15 heteroatoms. The Balaban J connectivity index is 1.09. The van der Waals surface area contributed by atoms with E-state index >= 15 is 0 Å². The van der Waals surface area contributed by atoms with Gasteiger partial charge in [0.05, 0.1) is 24.6 Å². The predicted molar refractivity (Wildman–Crippen MR) is 137 cm³/mol. The number of hydrogen-bond donors (Lipinski definition) is 3. The number of Topliss-reactive ketones (excluding diaryl/α,β-unsaturated/α-hetero) is 1. The Morgan fingerprint density at radius 2 is 1.95 bits per heavy atom. The lowest BCUT2D eigenvalue weighted by atomic mass is 9.92. The Morgan fingerprint density at radius 3 is 2.74 bits per heavy atom. The summed E-state index contributed by atoms with van der Waals surface area (Å²) in [5.41, 5.74) is 4.89. The highest BCUT2D eigenvalue weighted by atomic mass is 32.2. The molecule has 0 spiro atoms. The number of benzene rings is 1. The van der Waals surface area contributed by atoms with Crippen molar-refractivity contribution in [3.05, 3.63) is 62.9 Å². The van der Waals surface area contributed by atoms with Gasteiger partial charge >= 0.3 is 0 Å². The molecule has 3 atom stereocenters. The third-order valence-electron chi connectivity index (χ3n) is 6.30. The molecule has 0 bridgehead atoms. The molecule has 1 aliphatic rings. The molecule has 39 heavy (non-hydrogen) atoms. The van der Waals surface area contributed by atoms with Crippen LogP contribution >= 0.6 is 0 Å². The summed E-state index contributed by atoms with van der Waals surface area (Å²) in [6, 6.07) is 5.96. The molecule has 3 unspecified atom stereocenters. The summed E-state index contributed by atoms with van der Waals surface area (Å²) in [7, 11) is 0. The number of nitrogens with one attached hydrogen (secondary N) is 1. The van der Waals surface area contributed by atoms with Crippen molar-refractivity contribution in [2.45, 2.75) is 38.0 Å². The van der Waals surface area contributed by atoms with Crippen LogP contribution in [0.1, 0.15) is 42.3 Å². The molecular weight excluding hydrogens is 532 g/mol. The van der Waals surface area contributed by atoms with E-state index in [-0.39, 0.29) is 48.2 Å². The molecule has 1 aliphatic heterocycles. The number of imidazole rings is 1. The minimum atomic E-state index is -2.17. The molecule has 1 saturated heterocycles. The van der Waals surface area contributed by atoms with Gasteiger partial charge in [0.2, 0.25) is 11.3 Å². The number of nitrogens with two attached hydrogens (primary N) is 1. The first-order valence-electron chi connectivity index (χ1n) is 11.8. The zero-order chi connectivity index (χ0) is 27.7. The molecule has 14 nitrogen and oxygen atoms in total. The van der Waals surface area contributed by atoms with Crippen molar-refractivity contribution < 1.29 is 27.8 Å². The lowest BCUT2D eigenvalue weighted by Gasteiger charge is -2.15. The molecule has 2 aromatic heterocycles. The fourth-order valence-electron chi connectivity index (χ4n) is 4.34. The highest BCUT2D eigenvalue weighted by Crippen LogP contribution is 2.31. The molecule has 1 fully saturated rings. The number of fused-ring (bicyclic) bond motifs is 1. The summed E-state index contributed by atoms with van der Waals surface area (Å²) < 4.78 is 27.3. The van der Waals surface area contributed by atoms with Crippen LogP contribution in [0.5, 0.6) is 5.75 Å². The van der Waals surface area contributed by atoms with E-state index in [1.165, 1.54) is 18.5 Å². The topological polar surface area (TPSA) is 206 Å². The van der Waals surface area contributed by atoms with Crippen LogP contribution in [0.4, 0.5) is 5.82 Å². The number of ketones is 1. The van der Waals surface area contributed by atoms with Crippen molar-refractivity contribution in [1.82, 2.24) is 24.2 Å². The smallest absolute Gasteiger partial charge is 0.268 e. The molecule has 0 radical (unpaired) electrons. The van der Waals surface area contributed by atoms with E-state index < -0.39 is 45.7 Å². The van der Waals surface area contributed by atoms with E-state index in [0.717, 1.165) is 0 Å². The third-order valence-corrected chi connectivity index (χ3v) is 7.05. The van der Waals surface area contributed by atoms with Crippen LogP contribution in [0.25, 0.3) is 22.3 Å². The van der Waals surface area contributed by atoms with E-state index in [0.29, 0.717) is 24.0 Å². The van der Waals surface area contributed by atoms with Gasteiger partial charge in [0, 0.05) is 24.0 Å². The van der Waals surface area contributed by atoms with E-state index in [4.69, 9.17) is 14.7 Å². The zero-order valence-corrected chi connectivity index (χ0v) is 21.1. The van der Waals surface area contributed by atoms with Crippen molar-refractivity contribution in [3.63, 3.8) is 0 Å². The molecule has 0 aliphatic carbocycles. The Morgan fingerprint density at radius 1 is 1.15 bits per heavy atom. The second-order valence-corrected chi connectivity index (χ2v) is 9.68. The normalized spacial score (nSPS) is 17.9. The first-order valence-corrected chi connectivity index (χ1v) is 12.9. The van der Waals surface area contributed by atoms with Gasteiger partial charge in [-0.1, -0.05) is 24.3 Å². The summed E-state index contributed by atoms with van der Waals surface area (Å²) in [6.07, 6.45) is 2.79. The molecular formula is C24H22N6O8S. The summed E-state index contributed by atoms with van der Waals surface area (Å²) in [6.45, 7) is -0.0508. The largest absolute Gasteiger partial charge is 0.503 e.